The van der Waals surface area contributed by atoms with Crippen LogP contribution in [0.15, 0.2) is 0 Å². The molecule has 4 aliphatic rings. The Morgan fingerprint density at radius 1 is 1.00 bits per heavy atom. The Bertz CT molecular complexity index is 588. The van der Waals surface area contributed by atoms with Gasteiger partial charge in [0.25, 0.3) is 0 Å². The van der Waals surface area contributed by atoms with Gasteiger partial charge in [-0.25, -0.2) is 0 Å². The first-order chi connectivity index (χ1) is 14.6. The van der Waals surface area contributed by atoms with Crippen LogP contribution < -0.4 is 5.32 Å². The number of fused-ring (bicyclic) bond motifs is 1. The minimum absolute atomic E-state index is 0.0735. The quantitative estimate of drug-likeness (QED) is 0.708. The second-order valence-electron chi connectivity index (χ2n) is 9.69. The molecule has 4 aliphatic heterocycles. The minimum Gasteiger partial charge on any atom is -0.381 e. The van der Waals surface area contributed by atoms with E-state index in [1.807, 2.05) is 4.90 Å². The van der Waals surface area contributed by atoms with Gasteiger partial charge in [0.2, 0.25) is 11.8 Å². The van der Waals surface area contributed by atoms with Crippen molar-refractivity contribution in [3.63, 3.8) is 0 Å². The SMILES string of the molecule is CC(NC(=O)CC1OC[C@H]2CCN(C(=O)CC3CCOCC3)C[C@@H]12)C1CCOCC1. The van der Waals surface area contributed by atoms with Crippen molar-refractivity contribution in [2.45, 2.75) is 64.0 Å². The van der Waals surface area contributed by atoms with Crippen LogP contribution in [-0.2, 0) is 23.8 Å². The predicted octanol–water partition coefficient (Wildman–Crippen LogP) is 1.99. The largest absolute Gasteiger partial charge is 0.381 e. The average molecular weight is 423 g/mol. The van der Waals surface area contributed by atoms with E-state index in [0.29, 0.717) is 30.6 Å². The zero-order valence-corrected chi connectivity index (χ0v) is 18.4. The van der Waals surface area contributed by atoms with Gasteiger partial charge in [0, 0.05) is 57.9 Å². The standard InChI is InChI=1S/C23H38N2O5/c1-16(18-5-10-29-11-6-18)24-22(26)13-21-20-14-25(7-2-19(20)15-30-21)23(27)12-17-3-8-28-9-4-17/h16-21H,2-15H2,1H3,(H,24,26)/t16?,19-,20-,21?/m1/s1. The summed E-state index contributed by atoms with van der Waals surface area (Å²) in [5.41, 5.74) is 0. The van der Waals surface area contributed by atoms with Crippen LogP contribution in [0.4, 0.5) is 0 Å². The monoisotopic (exact) mass is 422 g/mol. The summed E-state index contributed by atoms with van der Waals surface area (Å²) in [7, 11) is 0. The molecule has 2 unspecified atom stereocenters. The second-order valence-corrected chi connectivity index (χ2v) is 9.69. The molecule has 0 aliphatic carbocycles. The van der Waals surface area contributed by atoms with E-state index in [9.17, 15) is 9.59 Å². The van der Waals surface area contributed by atoms with Crippen LogP contribution >= 0.6 is 0 Å². The zero-order valence-electron chi connectivity index (χ0n) is 18.4. The van der Waals surface area contributed by atoms with E-state index in [2.05, 4.69) is 12.2 Å². The molecule has 2 amide bonds. The molecule has 7 heteroatoms. The molecule has 0 aromatic heterocycles. The zero-order chi connectivity index (χ0) is 20.9. The third-order valence-corrected chi connectivity index (χ3v) is 7.71. The van der Waals surface area contributed by atoms with E-state index in [4.69, 9.17) is 14.2 Å². The van der Waals surface area contributed by atoms with Gasteiger partial charge in [-0.1, -0.05) is 0 Å². The summed E-state index contributed by atoms with van der Waals surface area (Å²) in [5, 5.41) is 3.19. The van der Waals surface area contributed by atoms with E-state index in [1.54, 1.807) is 0 Å². The number of ether oxygens (including phenoxy) is 3. The highest BCUT2D eigenvalue weighted by atomic mass is 16.5. The van der Waals surface area contributed by atoms with E-state index in [1.165, 1.54) is 0 Å². The van der Waals surface area contributed by atoms with Crippen molar-refractivity contribution in [2.24, 2.45) is 23.7 Å². The first kappa shape index (κ1) is 22.0. The van der Waals surface area contributed by atoms with E-state index < -0.39 is 0 Å². The van der Waals surface area contributed by atoms with Crippen molar-refractivity contribution < 1.29 is 23.8 Å². The van der Waals surface area contributed by atoms with Gasteiger partial charge in [0.1, 0.15) is 0 Å². The predicted molar refractivity (Wildman–Crippen MR) is 112 cm³/mol. The Hall–Kier alpha value is -1.18. The van der Waals surface area contributed by atoms with Crippen molar-refractivity contribution in [1.29, 1.82) is 0 Å². The summed E-state index contributed by atoms with van der Waals surface area (Å²) in [5.74, 6) is 2.04. The molecule has 30 heavy (non-hydrogen) atoms. The summed E-state index contributed by atoms with van der Waals surface area (Å²) >= 11 is 0. The molecular weight excluding hydrogens is 384 g/mol. The number of likely N-dealkylation sites (tertiary alicyclic amines) is 1. The van der Waals surface area contributed by atoms with Gasteiger partial charge in [-0.15, -0.1) is 0 Å². The molecule has 4 fully saturated rings. The van der Waals surface area contributed by atoms with Crippen LogP contribution in [0.5, 0.6) is 0 Å². The van der Waals surface area contributed by atoms with Gasteiger partial charge in [0.15, 0.2) is 0 Å². The fourth-order valence-electron chi connectivity index (χ4n) is 5.62. The molecule has 4 heterocycles. The van der Waals surface area contributed by atoms with Gasteiger partial charge in [-0.3, -0.25) is 9.59 Å². The van der Waals surface area contributed by atoms with Crippen molar-refractivity contribution in [3.05, 3.63) is 0 Å². The molecule has 0 bridgehead atoms. The fourth-order valence-corrected chi connectivity index (χ4v) is 5.62. The smallest absolute Gasteiger partial charge is 0.222 e. The lowest BCUT2D eigenvalue weighted by atomic mass is 9.83. The highest BCUT2D eigenvalue weighted by Gasteiger charge is 2.43. The molecule has 0 aromatic carbocycles. The van der Waals surface area contributed by atoms with Crippen molar-refractivity contribution in [3.8, 4) is 0 Å². The molecular formula is C23H38N2O5. The van der Waals surface area contributed by atoms with Gasteiger partial charge >= 0.3 is 0 Å². The third-order valence-electron chi connectivity index (χ3n) is 7.71. The summed E-state index contributed by atoms with van der Waals surface area (Å²) in [6, 6.07) is 0.169. The Morgan fingerprint density at radius 3 is 2.43 bits per heavy atom. The van der Waals surface area contributed by atoms with Crippen LogP contribution in [0.3, 0.4) is 0 Å². The maximum atomic E-state index is 12.9. The molecule has 4 rings (SSSR count). The van der Waals surface area contributed by atoms with E-state index in [0.717, 1.165) is 78.2 Å². The van der Waals surface area contributed by atoms with Crippen molar-refractivity contribution in [2.75, 3.05) is 46.1 Å². The molecule has 170 valence electrons. The number of amides is 2. The number of carbonyl (C=O) groups is 2. The van der Waals surface area contributed by atoms with Gasteiger partial charge in [-0.05, 0) is 56.8 Å². The second kappa shape index (κ2) is 10.4. The lowest BCUT2D eigenvalue weighted by Gasteiger charge is -2.37. The molecule has 0 saturated carbocycles. The molecule has 1 N–H and O–H groups in total. The molecule has 0 radical (unpaired) electrons. The Balaban J connectivity index is 1.25. The molecule has 0 spiro atoms. The van der Waals surface area contributed by atoms with Crippen LogP contribution in [-0.4, -0.2) is 75.0 Å². The molecule has 4 saturated heterocycles. The molecule has 4 atom stereocenters. The summed E-state index contributed by atoms with van der Waals surface area (Å²) in [6.07, 6.45) is 5.95. The normalized spacial score (nSPS) is 31.9. The topological polar surface area (TPSA) is 77.1 Å². The number of carbonyl (C=O) groups excluding carboxylic acids is 2. The summed E-state index contributed by atoms with van der Waals surface area (Å²) in [4.78, 5) is 27.6. The lowest BCUT2D eigenvalue weighted by molar-refractivity contribution is -0.135. The van der Waals surface area contributed by atoms with Crippen LogP contribution in [0.25, 0.3) is 0 Å². The number of hydrogen-bond acceptors (Lipinski definition) is 5. The molecule has 0 aromatic rings. The molecule has 7 nitrogen and oxygen atoms in total. The van der Waals surface area contributed by atoms with E-state index >= 15 is 0 Å². The van der Waals surface area contributed by atoms with Crippen molar-refractivity contribution >= 4 is 11.8 Å². The summed E-state index contributed by atoms with van der Waals surface area (Å²) in [6.45, 7) is 7.52. The maximum Gasteiger partial charge on any atom is 0.222 e. The number of hydrogen-bond donors (Lipinski definition) is 1. The van der Waals surface area contributed by atoms with Gasteiger partial charge in [-0.2, -0.15) is 0 Å². The third kappa shape index (κ3) is 5.54. The number of nitrogens with one attached hydrogen (secondary N) is 1. The number of piperidine rings is 1. The Labute approximate surface area is 180 Å². The highest BCUT2D eigenvalue weighted by molar-refractivity contribution is 5.77. The van der Waals surface area contributed by atoms with E-state index in [-0.39, 0.29) is 29.9 Å². The number of rotatable bonds is 6. The fraction of sp³-hybridized carbons (Fsp3) is 0.913. The van der Waals surface area contributed by atoms with Crippen LogP contribution in [0.1, 0.15) is 51.9 Å². The first-order valence-electron chi connectivity index (χ1n) is 11.9. The van der Waals surface area contributed by atoms with Crippen LogP contribution in [0, 0.1) is 23.7 Å². The Morgan fingerprint density at radius 2 is 1.70 bits per heavy atom. The lowest BCUT2D eigenvalue weighted by Crippen LogP contribution is -2.47. The average Bonchev–Trinajstić information content (AvgIpc) is 3.17. The van der Waals surface area contributed by atoms with Crippen LogP contribution in [0.2, 0.25) is 0 Å². The Kier molecular flexibility index (Phi) is 7.65. The first-order valence-corrected chi connectivity index (χ1v) is 11.9. The van der Waals surface area contributed by atoms with Gasteiger partial charge < -0.3 is 24.4 Å². The summed E-state index contributed by atoms with van der Waals surface area (Å²) < 4.78 is 16.9. The maximum absolute atomic E-state index is 12.9. The number of nitrogens with zero attached hydrogens (tertiary/aromatic N) is 1. The van der Waals surface area contributed by atoms with Crippen molar-refractivity contribution in [1.82, 2.24) is 10.2 Å². The highest BCUT2D eigenvalue weighted by Crippen LogP contribution is 2.36. The minimum atomic E-state index is -0.0735. The van der Waals surface area contributed by atoms with Gasteiger partial charge in [0.05, 0.1) is 19.1 Å².